The Morgan fingerprint density at radius 3 is 2.78 bits per heavy atom. The molecule has 0 saturated carbocycles. The number of thiocarbonyl (C=S) groups is 1. The molecule has 2 heterocycles. The maximum atomic E-state index is 12.3. The van der Waals surface area contributed by atoms with Gasteiger partial charge in [-0.05, 0) is 56.0 Å². The lowest BCUT2D eigenvalue weighted by atomic mass is 9.88. The molecule has 144 valence electrons. The van der Waals surface area contributed by atoms with Crippen LogP contribution in [0.15, 0.2) is 11.4 Å². The van der Waals surface area contributed by atoms with Crippen LogP contribution in [-0.2, 0) is 17.6 Å². The predicted octanol–water partition coefficient (Wildman–Crippen LogP) is 3.66. The van der Waals surface area contributed by atoms with Crippen molar-refractivity contribution in [1.29, 1.82) is 0 Å². The number of nitrogens with one attached hydrogen (secondary N) is 3. The molecule has 3 rings (SSSR count). The monoisotopic (exact) mass is 423 g/mol. The van der Waals surface area contributed by atoms with E-state index in [1.807, 2.05) is 13.0 Å². The Morgan fingerprint density at radius 2 is 2.11 bits per heavy atom. The zero-order chi connectivity index (χ0) is 19.6. The van der Waals surface area contributed by atoms with Crippen LogP contribution in [0.2, 0.25) is 0 Å². The number of rotatable bonds is 3. The van der Waals surface area contributed by atoms with E-state index in [-0.39, 0.29) is 17.0 Å². The zero-order valence-corrected chi connectivity index (χ0v) is 17.8. The highest BCUT2D eigenvalue weighted by molar-refractivity contribution is 7.80. The van der Waals surface area contributed by atoms with Crippen LogP contribution >= 0.6 is 34.9 Å². The average Bonchev–Trinajstić information content (AvgIpc) is 3.22. The fraction of sp³-hybridized carbons (Fsp3) is 0.389. The largest absolute Gasteiger partial charge is 0.465 e. The van der Waals surface area contributed by atoms with Gasteiger partial charge >= 0.3 is 5.97 Å². The van der Waals surface area contributed by atoms with Crippen LogP contribution in [0.5, 0.6) is 0 Å². The number of anilines is 1. The van der Waals surface area contributed by atoms with Crippen LogP contribution in [0.1, 0.15) is 49.4 Å². The molecule has 2 aromatic heterocycles. The van der Waals surface area contributed by atoms with Crippen molar-refractivity contribution >= 4 is 56.9 Å². The molecule has 0 spiro atoms. The van der Waals surface area contributed by atoms with E-state index in [0.717, 1.165) is 29.7 Å². The average molecular weight is 424 g/mol. The number of carbonyl (C=O) groups excluding carboxylic acids is 2. The molecule has 27 heavy (non-hydrogen) atoms. The van der Waals surface area contributed by atoms with E-state index in [1.54, 1.807) is 5.38 Å². The zero-order valence-electron chi connectivity index (χ0n) is 15.3. The first-order chi connectivity index (χ1) is 12.9. The number of ether oxygens (including phenoxy) is 1. The predicted molar refractivity (Wildman–Crippen MR) is 113 cm³/mol. The second-order valence-electron chi connectivity index (χ2n) is 6.53. The van der Waals surface area contributed by atoms with Crippen molar-refractivity contribution in [2.24, 2.45) is 5.92 Å². The first-order valence-corrected chi connectivity index (χ1v) is 10.6. The third-order valence-electron chi connectivity index (χ3n) is 4.41. The summed E-state index contributed by atoms with van der Waals surface area (Å²) in [6.45, 7) is 4.15. The van der Waals surface area contributed by atoms with E-state index in [4.69, 9.17) is 17.0 Å². The SMILES string of the molecule is COC(=O)c1c(NC(=S)NNC(=O)c2csc(C)c2)sc2c1CC[C@H](C)C2. The van der Waals surface area contributed by atoms with Gasteiger partial charge in [-0.15, -0.1) is 22.7 Å². The fourth-order valence-electron chi connectivity index (χ4n) is 3.04. The molecule has 9 heteroatoms. The van der Waals surface area contributed by atoms with Gasteiger partial charge in [0.1, 0.15) is 5.00 Å². The highest BCUT2D eigenvalue weighted by Gasteiger charge is 2.28. The standard InChI is InChI=1S/C18H21N3O3S3/c1-9-4-5-12-13(6-9)27-16(14(12)17(23)24-3)19-18(25)21-20-15(22)11-7-10(2)26-8-11/h7-9H,4-6H2,1-3H3,(H,20,22)(H2,19,21,25)/t9-/m0/s1. The van der Waals surface area contributed by atoms with Crippen molar-refractivity contribution in [2.45, 2.75) is 33.1 Å². The van der Waals surface area contributed by atoms with E-state index in [1.165, 1.54) is 34.7 Å². The lowest BCUT2D eigenvalue weighted by Crippen LogP contribution is -2.43. The van der Waals surface area contributed by atoms with E-state index >= 15 is 0 Å². The molecule has 1 aliphatic carbocycles. The quantitative estimate of drug-likeness (QED) is 0.397. The van der Waals surface area contributed by atoms with Gasteiger partial charge in [0.05, 0.1) is 18.2 Å². The summed E-state index contributed by atoms with van der Waals surface area (Å²) in [4.78, 5) is 26.7. The number of esters is 1. The van der Waals surface area contributed by atoms with Crippen molar-refractivity contribution in [3.8, 4) is 0 Å². The summed E-state index contributed by atoms with van der Waals surface area (Å²) in [5.41, 5.74) is 7.43. The highest BCUT2D eigenvalue weighted by atomic mass is 32.1. The van der Waals surface area contributed by atoms with Gasteiger partial charge in [-0.2, -0.15) is 0 Å². The smallest absolute Gasteiger partial charge is 0.341 e. The second-order valence-corrected chi connectivity index (χ2v) is 9.16. The first kappa shape index (κ1) is 19.8. The topological polar surface area (TPSA) is 79.5 Å². The Balaban J connectivity index is 1.70. The third-order valence-corrected chi connectivity index (χ3v) is 6.65. The number of aryl methyl sites for hydroxylation is 1. The van der Waals surface area contributed by atoms with Gasteiger partial charge in [0.25, 0.3) is 5.91 Å². The maximum absolute atomic E-state index is 12.3. The number of hydrogen-bond donors (Lipinski definition) is 3. The van der Waals surface area contributed by atoms with Crippen molar-refractivity contribution in [3.05, 3.63) is 37.9 Å². The summed E-state index contributed by atoms with van der Waals surface area (Å²) < 4.78 is 4.96. The van der Waals surface area contributed by atoms with Crippen molar-refractivity contribution in [3.63, 3.8) is 0 Å². The fourth-order valence-corrected chi connectivity index (χ4v) is 5.34. The number of fused-ring (bicyclic) bond motifs is 1. The maximum Gasteiger partial charge on any atom is 0.341 e. The van der Waals surface area contributed by atoms with Crippen LogP contribution in [-0.4, -0.2) is 24.1 Å². The van der Waals surface area contributed by atoms with Crippen LogP contribution in [0.25, 0.3) is 0 Å². The molecule has 0 aromatic carbocycles. The van der Waals surface area contributed by atoms with Gasteiger partial charge in [-0.3, -0.25) is 15.6 Å². The summed E-state index contributed by atoms with van der Waals surface area (Å²) in [6.07, 6.45) is 2.85. The lowest BCUT2D eigenvalue weighted by molar-refractivity contribution is 0.0600. The Labute approximate surface area is 171 Å². The Bertz CT molecular complexity index is 888. The van der Waals surface area contributed by atoms with Crippen LogP contribution in [0.3, 0.4) is 0 Å². The molecule has 0 aliphatic heterocycles. The lowest BCUT2D eigenvalue weighted by Gasteiger charge is -2.18. The molecule has 0 fully saturated rings. The van der Waals surface area contributed by atoms with E-state index in [0.29, 0.717) is 22.0 Å². The molecule has 0 saturated heterocycles. The molecule has 3 N–H and O–H groups in total. The minimum atomic E-state index is -0.370. The number of hydrazine groups is 1. The molecule has 0 radical (unpaired) electrons. The molecule has 2 aromatic rings. The van der Waals surface area contributed by atoms with Gasteiger partial charge < -0.3 is 10.1 Å². The number of thiophene rings is 2. The second kappa shape index (κ2) is 8.37. The van der Waals surface area contributed by atoms with Gasteiger partial charge in [0.15, 0.2) is 5.11 Å². The van der Waals surface area contributed by atoms with Gasteiger partial charge in [-0.1, -0.05) is 6.92 Å². The van der Waals surface area contributed by atoms with E-state index in [2.05, 4.69) is 23.1 Å². The summed E-state index contributed by atoms with van der Waals surface area (Å²) in [6, 6.07) is 1.81. The van der Waals surface area contributed by atoms with Crippen LogP contribution < -0.4 is 16.2 Å². The molecule has 1 atom stereocenters. The Hall–Kier alpha value is -1.97. The van der Waals surface area contributed by atoms with Gasteiger partial charge in [0.2, 0.25) is 0 Å². The first-order valence-electron chi connectivity index (χ1n) is 8.54. The Kier molecular flexibility index (Phi) is 6.13. The minimum Gasteiger partial charge on any atom is -0.465 e. The molecule has 0 unspecified atom stereocenters. The van der Waals surface area contributed by atoms with Gasteiger partial charge in [-0.25, -0.2) is 4.79 Å². The summed E-state index contributed by atoms with van der Waals surface area (Å²) >= 11 is 8.30. The highest BCUT2D eigenvalue weighted by Crippen LogP contribution is 2.39. The molecule has 1 amide bonds. The van der Waals surface area contributed by atoms with Crippen LogP contribution in [0.4, 0.5) is 5.00 Å². The van der Waals surface area contributed by atoms with E-state index in [9.17, 15) is 9.59 Å². The van der Waals surface area contributed by atoms with Crippen molar-refractivity contribution in [2.75, 3.05) is 12.4 Å². The van der Waals surface area contributed by atoms with Crippen molar-refractivity contribution in [1.82, 2.24) is 10.9 Å². The molecule has 1 aliphatic rings. The molecule has 0 bridgehead atoms. The molecule has 6 nitrogen and oxygen atoms in total. The summed E-state index contributed by atoms with van der Waals surface area (Å²) in [7, 11) is 1.38. The van der Waals surface area contributed by atoms with Crippen LogP contribution in [0, 0.1) is 12.8 Å². The third kappa shape index (κ3) is 4.48. The number of carbonyl (C=O) groups is 2. The molecular weight excluding hydrogens is 402 g/mol. The number of amides is 1. The minimum absolute atomic E-state index is 0.215. The number of hydrogen-bond acceptors (Lipinski definition) is 6. The Morgan fingerprint density at radius 1 is 1.33 bits per heavy atom. The summed E-state index contributed by atoms with van der Waals surface area (Å²) in [5, 5.41) is 5.69. The number of methoxy groups -OCH3 is 1. The summed E-state index contributed by atoms with van der Waals surface area (Å²) in [5.74, 6) is -0.0472. The molecular formula is C18H21N3O3S3. The van der Waals surface area contributed by atoms with Crippen molar-refractivity contribution < 1.29 is 14.3 Å². The van der Waals surface area contributed by atoms with E-state index < -0.39 is 0 Å². The normalized spacial score (nSPS) is 15.6. The van der Waals surface area contributed by atoms with Gasteiger partial charge in [0, 0.05) is 15.1 Å².